The van der Waals surface area contributed by atoms with Gasteiger partial charge in [-0.2, -0.15) is 4.98 Å². The van der Waals surface area contributed by atoms with Crippen LogP contribution in [-0.4, -0.2) is 39.7 Å². The maximum absolute atomic E-state index is 16.1. The minimum Gasteiger partial charge on any atom is -0.353 e. The Morgan fingerprint density at radius 1 is 1.15 bits per heavy atom. The second kappa shape index (κ2) is 7.61. The van der Waals surface area contributed by atoms with E-state index in [2.05, 4.69) is 21.2 Å². The maximum Gasteiger partial charge on any atom is 0.349 e. The highest BCUT2D eigenvalue weighted by Crippen LogP contribution is 2.36. The van der Waals surface area contributed by atoms with Crippen LogP contribution in [0.2, 0.25) is 0 Å². The van der Waals surface area contributed by atoms with Gasteiger partial charge in [-0.05, 0) is 24.3 Å². The number of terminal acetylenes is 1. The van der Waals surface area contributed by atoms with E-state index >= 15 is 4.39 Å². The molecule has 2 fully saturated rings. The summed E-state index contributed by atoms with van der Waals surface area (Å²) in [6.07, 6.45) is 9.28. The maximum atomic E-state index is 16.1. The third-order valence-corrected chi connectivity index (χ3v) is 6.97. The summed E-state index contributed by atoms with van der Waals surface area (Å²) in [5.41, 5.74) is -0.00245. The van der Waals surface area contributed by atoms with Gasteiger partial charge in [0.2, 0.25) is 0 Å². The lowest BCUT2D eigenvalue weighted by Crippen LogP contribution is -2.51. The van der Waals surface area contributed by atoms with Crippen molar-refractivity contribution in [1.29, 1.82) is 0 Å². The summed E-state index contributed by atoms with van der Waals surface area (Å²) in [6.45, 7) is 1.40. The summed E-state index contributed by atoms with van der Waals surface area (Å²) in [7, 11) is 1.49. The topological polar surface area (TPSA) is 63.1 Å². The van der Waals surface area contributed by atoms with Crippen LogP contribution < -0.4 is 15.9 Å². The molecule has 2 aliphatic rings. The highest BCUT2D eigenvalue weighted by molar-refractivity contribution is 6.02. The van der Waals surface area contributed by atoms with Crippen LogP contribution in [0, 0.1) is 24.0 Å². The van der Waals surface area contributed by atoms with Gasteiger partial charge in [0.05, 0.1) is 16.5 Å². The van der Waals surface area contributed by atoms with E-state index in [0.717, 1.165) is 12.8 Å². The Balaban J connectivity index is 1.61. The molecular weight excluding hydrogens is 436 g/mol. The van der Waals surface area contributed by atoms with Crippen LogP contribution in [0.1, 0.15) is 18.4 Å². The largest absolute Gasteiger partial charge is 0.353 e. The van der Waals surface area contributed by atoms with Crippen LogP contribution in [0.3, 0.4) is 0 Å². The van der Waals surface area contributed by atoms with Gasteiger partial charge in [0, 0.05) is 49.4 Å². The molecule has 0 saturated carbocycles. The number of rotatable bonds is 2. The monoisotopic (exact) mass is 457 g/mol. The van der Waals surface area contributed by atoms with Crippen molar-refractivity contribution in [1.82, 2.24) is 19.9 Å². The average molecular weight is 457 g/mol. The third kappa shape index (κ3) is 3.01. The molecule has 34 heavy (non-hydrogen) atoms. The minimum absolute atomic E-state index is 0.00716. The first-order chi connectivity index (χ1) is 16.5. The Hall–Kier alpha value is -3.83. The molecule has 0 aliphatic carbocycles. The zero-order valence-electron chi connectivity index (χ0n) is 18.5. The molecule has 6 nitrogen and oxygen atoms in total. The quantitative estimate of drug-likeness (QED) is 0.468. The van der Waals surface area contributed by atoms with E-state index < -0.39 is 17.3 Å². The average Bonchev–Trinajstić information content (AvgIpc) is 3.18. The molecule has 2 unspecified atom stereocenters. The smallest absolute Gasteiger partial charge is 0.349 e. The molecular formula is C26H21F2N5O. The van der Waals surface area contributed by atoms with Crippen molar-refractivity contribution in [3.8, 4) is 23.6 Å². The standard InChI is InChI=1S/C26H21F2N5O/c1-3-17-20(27)10-7-14-5-4-6-18(21(14)17)23-22(28)24-19(11-29-23)25(31-26(34)32(24)2)33-12-15-8-9-16(13-33)30-15/h1,4-7,10-11,15-16,30H,8-9,12-13H2,2H3. The molecule has 1 N–H and O–H groups in total. The molecule has 0 spiro atoms. The van der Waals surface area contributed by atoms with Gasteiger partial charge < -0.3 is 10.2 Å². The van der Waals surface area contributed by atoms with Gasteiger partial charge in [0.25, 0.3) is 0 Å². The molecule has 2 aromatic carbocycles. The number of pyridine rings is 1. The minimum atomic E-state index is -0.668. The Morgan fingerprint density at radius 3 is 2.65 bits per heavy atom. The predicted octanol–water partition coefficient (Wildman–Crippen LogP) is 3.35. The summed E-state index contributed by atoms with van der Waals surface area (Å²) in [5.74, 6) is 1.61. The Bertz CT molecular complexity index is 1580. The first kappa shape index (κ1) is 20.8. The second-order valence-corrected chi connectivity index (χ2v) is 8.97. The van der Waals surface area contributed by atoms with E-state index in [4.69, 9.17) is 6.42 Å². The number of nitrogens with zero attached hydrogens (tertiary/aromatic N) is 4. The number of anilines is 1. The van der Waals surface area contributed by atoms with Gasteiger partial charge in [-0.1, -0.05) is 30.2 Å². The van der Waals surface area contributed by atoms with Crippen LogP contribution in [0.25, 0.3) is 32.9 Å². The summed E-state index contributed by atoms with van der Waals surface area (Å²) >= 11 is 0. The van der Waals surface area contributed by atoms with Gasteiger partial charge in [0.1, 0.15) is 17.3 Å². The Morgan fingerprint density at radius 2 is 1.91 bits per heavy atom. The molecule has 4 aromatic rings. The van der Waals surface area contributed by atoms with Crippen LogP contribution in [0.15, 0.2) is 41.3 Å². The Labute approximate surface area is 194 Å². The van der Waals surface area contributed by atoms with Crippen molar-refractivity contribution in [2.75, 3.05) is 18.0 Å². The molecule has 170 valence electrons. The number of benzene rings is 2. The molecule has 0 radical (unpaired) electrons. The molecule has 0 amide bonds. The second-order valence-electron chi connectivity index (χ2n) is 8.97. The van der Waals surface area contributed by atoms with Crippen molar-refractivity contribution in [3.05, 3.63) is 64.2 Å². The number of fused-ring (bicyclic) bond motifs is 4. The van der Waals surface area contributed by atoms with E-state index in [9.17, 15) is 9.18 Å². The number of halogens is 2. The van der Waals surface area contributed by atoms with E-state index in [1.807, 2.05) is 4.90 Å². The SMILES string of the molecule is C#Cc1c(F)ccc2cccc(-c3ncc4c(N5CC6CCC(C5)N6)nc(=O)n(C)c4c3F)c12. The van der Waals surface area contributed by atoms with E-state index in [1.165, 1.54) is 17.7 Å². The first-order valence-corrected chi connectivity index (χ1v) is 11.2. The molecule has 2 saturated heterocycles. The summed E-state index contributed by atoms with van der Waals surface area (Å²) < 4.78 is 31.8. The number of aryl methyl sites for hydroxylation is 1. The van der Waals surface area contributed by atoms with Crippen molar-refractivity contribution >= 4 is 27.5 Å². The van der Waals surface area contributed by atoms with Crippen LogP contribution in [-0.2, 0) is 7.05 Å². The molecule has 2 aromatic heterocycles. The highest BCUT2D eigenvalue weighted by atomic mass is 19.1. The molecule has 6 rings (SSSR count). The number of hydrogen-bond acceptors (Lipinski definition) is 5. The predicted molar refractivity (Wildman–Crippen MR) is 128 cm³/mol. The lowest BCUT2D eigenvalue weighted by Gasteiger charge is -2.34. The number of aromatic nitrogens is 3. The molecule has 8 heteroatoms. The highest BCUT2D eigenvalue weighted by Gasteiger charge is 2.34. The van der Waals surface area contributed by atoms with Gasteiger partial charge in [0.15, 0.2) is 5.82 Å². The molecule has 2 atom stereocenters. The zero-order chi connectivity index (χ0) is 23.6. The van der Waals surface area contributed by atoms with Gasteiger partial charge in [-0.15, -0.1) is 6.42 Å². The van der Waals surface area contributed by atoms with Gasteiger partial charge >= 0.3 is 5.69 Å². The lowest BCUT2D eigenvalue weighted by molar-refractivity contribution is 0.463. The van der Waals surface area contributed by atoms with Crippen molar-refractivity contribution in [2.45, 2.75) is 24.9 Å². The number of piperazine rings is 1. The van der Waals surface area contributed by atoms with Crippen LogP contribution >= 0.6 is 0 Å². The number of hydrogen-bond donors (Lipinski definition) is 1. The fraction of sp³-hybridized carbons (Fsp3) is 0.269. The fourth-order valence-electron chi connectivity index (χ4n) is 5.38. The molecule has 4 heterocycles. The van der Waals surface area contributed by atoms with Crippen molar-refractivity contribution in [2.24, 2.45) is 7.05 Å². The van der Waals surface area contributed by atoms with E-state index in [0.29, 0.717) is 52.7 Å². The van der Waals surface area contributed by atoms with E-state index in [-0.39, 0.29) is 16.8 Å². The lowest BCUT2D eigenvalue weighted by atomic mass is 9.96. The first-order valence-electron chi connectivity index (χ1n) is 11.2. The third-order valence-electron chi connectivity index (χ3n) is 6.97. The van der Waals surface area contributed by atoms with Gasteiger partial charge in [-0.25, -0.2) is 13.6 Å². The van der Waals surface area contributed by atoms with Crippen molar-refractivity contribution in [3.63, 3.8) is 0 Å². The normalized spacial score (nSPS) is 19.6. The van der Waals surface area contributed by atoms with Crippen molar-refractivity contribution < 1.29 is 8.78 Å². The molecule has 2 bridgehead atoms. The summed E-state index contributed by atoms with van der Waals surface area (Å²) in [4.78, 5) is 23.6. The number of nitrogens with one attached hydrogen (secondary N) is 1. The van der Waals surface area contributed by atoms with E-state index in [1.54, 1.807) is 30.5 Å². The van der Waals surface area contributed by atoms with Crippen LogP contribution in [0.4, 0.5) is 14.6 Å². The van der Waals surface area contributed by atoms with Gasteiger partial charge in [-0.3, -0.25) is 9.55 Å². The Kier molecular flexibility index (Phi) is 4.64. The molecule has 2 aliphatic heterocycles. The fourth-order valence-corrected chi connectivity index (χ4v) is 5.38. The summed E-state index contributed by atoms with van der Waals surface area (Å²) in [5, 5.41) is 5.10. The van der Waals surface area contributed by atoms with Crippen LogP contribution in [0.5, 0.6) is 0 Å². The zero-order valence-corrected chi connectivity index (χ0v) is 18.5. The summed E-state index contributed by atoms with van der Waals surface area (Å²) in [6, 6.07) is 8.74.